The number of hydrogen-bond donors (Lipinski definition) is 1. The van der Waals surface area contributed by atoms with E-state index in [2.05, 4.69) is 6.92 Å². The summed E-state index contributed by atoms with van der Waals surface area (Å²) in [6.45, 7) is 1.52. The highest BCUT2D eigenvalue weighted by atomic mass is 16.5. The van der Waals surface area contributed by atoms with Gasteiger partial charge >= 0.3 is 0 Å². The Bertz CT molecular complexity index is 851. The molecule has 3 fully saturated rings. The van der Waals surface area contributed by atoms with Crippen LogP contribution in [0.25, 0.3) is 0 Å². The van der Waals surface area contributed by atoms with Crippen LogP contribution in [0.3, 0.4) is 0 Å². The van der Waals surface area contributed by atoms with E-state index in [0.29, 0.717) is 6.42 Å². The van der Waals surface area contributed by atoms with Crippen molar-refractivity contribution < 1.29 is 24.2 Å². The minimum absolute atomic E-state index is 0.00112. The molecule has 4 aliphatic carbocycles. The fourth-order valence-electron chi connectivity index (χ4n) is 7.09. The number of rotatable bonds is 2. The molecule has 0 saturated heterocycles. The third-order valence-corrected chi connectivity index (χ3v) is 8.20. The monoisotopic (exact) mass is 368 g/mol. The lowest BCUT2D eigenvalue weighted by atomic mass is 9.46. The maximum atomic E-state index is 13.5. The van der Waals surface area contributed by atoms with Crippen molar-refractivity contribution in [2.45, 2.75) is 44.6 Å². The lowest BCUT2D eigenvalue weighted by Gasteiger charge is -2.56. The van der Waals surface area contributed by atoms with Gasteiger partial charge in [-0.1, -0.05) is 18.6 Å². The third-order valence-electron chi connectivity index (χ3n) is 8.20. The molecule has 1 spiro atoms. The summed E-state index contributed by atoms with van der Waals surface area (Å²) >= 11 is 0. The summed E-state index contributed by atoms with van der Waals surface area (Å²) < 4.78 is 5.84. The number of aliphatic hydroxyl groups is 1. The number of hydrogen-bond acceptors (Lipinski definition) is 5. The van der Waals surface area contributed by atoms with Gasteiger partial charge in [-0.15, -0.1) is 0 Å². The van der Waals surface area contributed by atoms with E-state index in [1.165, 1.54) is 0 Å². The lowest BCUT2D eigenvalue weighted by Crippen LogP contribution is -2.60. The van der Waals surface area contributed by atoms with Gasteiger partial charge in [0.2, 0.25) is 5.78 Å². The predicted octanol–water partition coefficient (Wildman–Crippen LogP) is 2.30. The molecule has 1 aliphatic heterocycles. The van der Waals surface area contributed by atoms with Gasteiger partial charge in [-0.3, -0.25) is 14.4 Å². The van der Waals surface area contributed by atoms with E-state index in [1.807, 2.05) is 12.2 Å². The maximum Gasteiger partial charge on any atom is 0.202 e. The maximum absolute atomic E-state index is 13.5. The number of fused-ring (bicyclic) bond motifs is 4. The molecule has 0 amide bonds. The summed E-state index contributed by atoms with van der Waals surface area (Å²) in [5, 5.41) is 9.55. The first-order valence-electron chi connectivity index (χ1n) is 9.85. The first-order valence-corrected chi connectivity index (χ1v) is 9.85. The van der Waals surface area contributed by atoms with E-state index in [4.69, 9.17) is 4.74 Å². The van der Waals surface area contributed by atoms with E-state index in [0.717, 1.165) is 24.8 Å². The van der Waals surface area contributed by atoms with E-state index >= 15 is 0 Å². The molecule has 5 nitrogen and oxygen atoms in total. The van der Waals surface area contributed by atoms with Gasteiger partial charge in [-0.2, -0.15) is 0 Å². The van der Waals surface area contributed by atoms with E-state index in [1.54, 1.807) is 18.4 Å². The lowest BCUT2D eigenvalue weighted by molar-refractivity contribution is -0.159. The first kappa shape index (κ1) is 17.1. The highest BCUT2D eigenvalue weighted by Gasteiger charge is 2.72. The van der Waals surface area contributed by atoms with Crippen molar-refractivity contribution in [1.82, 2.24) is 0 Å². The zero-order valence-electron chi connectivity index (χ0n) is 15.4. The highest BCUT2D eigenvalue weighted by Crippen LogP contribution is 2.68. The molecule has 142 valence electrons. The zero-order chi connectivity index (χ0) is 19.0. The SMILES string of the molecule is C[C@]12C=CC(=O)C=C1CC[C@@H]1[C@@H]2C(=O)C[C@]23C=CO[C@]2(C(=O)CO)CC[C@@H]13. The molecule has 0 bridgehead atoms. The molecule has 0 aromatic heterocycles. The summed E-state index contributed by atoms with van der Waals surface area (Å²) in [6, 6.07) is 0. The molecule has 0 aromatic rings. The quantitative estimate of drug-likeness (QED) is 0.809. The van der Waals surface area contributed by atoms with Crippen LogP contribution >= 0.6 is 0 Å². The normalized spacial score (nSPS) is 46.9. The third kappa shape index (κ3) is 1.86. The Hall–Kier alpha value is -2.01. The molecule has 6 atom stereocenters. The molecule has 27 heavy (non-hydrogen) atoms. The predicted molar refractivity (Wildman–Crippen MR) is 96.4 cm³/mol. The van der Waals surface area contributed by atoms with E-state index < -0.39 is 23.0 Å². The minimum atomic E-state index is -1.08. The summed E-state index contributed by atoms with van der Waals surface area (Å²) in [5.41, 5.74) is -1.06. The van der Waals surface area contributed by atoms with Crippen molar-refractivity contribution in [2.75, 3.05) is 6.61 Å². The molecule has 0 radical (unpaired) electrons. The number of Topliss-reactive ketones (excluding diaryl/α,β-unsaturated/α-hetero) is 2. The largest absolute Gasteiger partial charge is 0.486 e. The van der Waals surface area contributed by atoms with Gasteiger partial charge in [0.25, 0.3) is 0 Å². The van der Waals surface area contributed by atoms with Crippen molar-refractivity contribution in [1.29, 1.82) is 0 Å². The number of ketones is 3. The van der Waals surface area contributed by atoms with Crippen LogP contribution in [-0.2, 0) is 19.1 Å². The van der Waals surface area contributed by atoms with E-state index in [9.17, 15) is 19.5 Å². The summed E-state index contributed by atoms with van der Waals surface area (Å²) in [6.07, 6.45) is 12.0. The molecular formula is C22H24O5. The molecule has 5 rings (SSSR count). The van der Waals surface area contributed by atoms with Gasteiger partial charge in [0, 0.05) is 23.2 Å². The second kappa shape index (κ2) is 5.28. The Morgan fingerprint density at radius 2 is 2.11 bits per heavy atom. The van der Waals surface area contributed by atoms with Gasteiger partial charge in [-0.05, 0) is 55.7 Å². The summed E-state index contributed by atoms with van der Waals surface area (Å²) in [7, 11) is 0. The Morgan fingerprint density at radius 1 is 1.30 bits per heavy atom. The number of carbonyl (C=O) groups excluding carboxylic acids is 3. The average molecular weight is 368 g/mol. The molecule has 1 N–H and O–H groups in total. The smallest absolute Gasteiger partial charge is 0.202 e. The molecular weight excluding hydrogens is 344 g/mol. The number of carbonyl (C=O) groups is 3. The van der Waals surface area contributed by atoms with Crippen LogP contribution in [0, 0.1) is 28.6 Å². The van der Waals surface area contributed by atoms with Crippen LogP contribution in [0.15, 0.2) is 36.1 Å². The van der Waals surface area contributed by atoms with Gasteiger partial charge in [0.15, 0.2) is 11.4 Å². The zero-order valence-corrected chi connectivity index (χ0v) is 15.4. The fourth-order valence-corrected chi connectivity index (χ4v) is 7.09. The standard InChI is InChI=1S/C22H24O5/c1-20-6-4-14(24)10-13(20)2-3-15-16-5-7-22(18(26)12-23)21(16,8-9-27-22)11-17(25)19(15)20/h4,6,8-10,15-16,19,23H,2-3,5,7,11-12H2,1H3/t15-,16-,19+,20-,21-,22-/m0/s1. The van der Waals surface area contributed by atoms with Gasteiger partial charge in [-0.25, -0.2) is 0 Å². The van der Waals surface area contributed by atoms with Crippen molar-refractivity contribution in [3.05, 3.63) is 36.1 Å². The van der Waals surface area contributed by atoms with Gasteiger partial charge in [0.1, 0.15) is 12.4 Å². The van der Waals surface area contributed by atoms with Crippen molar-refractivity contribution >= 4 is 17.3 Å². The number of ether oxygens (including phenoxy) is 1. The fraction of sp³-hybridized carbons (Fsp3) is 0.591. The minimum Gasteiger partial charge on any atom is -0.486 e. The Kier molecular flexibility index (Phi) is 3.35. The van der Waals surface area contributed by atoms with Crippen molar-refractivity contribution in [3.63, 3.8) is 0 Å². The van der Waals surface area contributed by atoms with Gasteiger partial charge < -0.3 is 9.84 Å². The molecule has 5 aliphatic rings. The van der Waals surface area contributed by atoms with E-state index in [-0.39, 0.29) is 41.5 Å². The molecule has 1 heterocycles. The van der Waals surface area contributed by atoms with Crippen LogP contribution in [0.5, 0.6) is 0 Å². The van der Waals surface area contributed by atoms with Crippen LogP contribution in [0.1, 0.15) is 39.0 Å². The average Bonchev–Trinajstić information content (AvgIpc) is 3.14. The van der Waals surface area contributed by atoms with Crippen molar-refractivity contribution in [2.24, 2.45) is 28.6 Å². The summed E-state index contributed by atoms with van der Waals surface area (Å²) in [5.74, 6) is 0.0139. The molecule has 3 saturated carbocycles. The van der Waals surface area contributed by atoms with Crippen LogP contribution in [0.2, 0.25) is 0 Å². The van der Waals surface area contributed by atoms with Crippen LogP contribution in [0.4, 0.5) is 0 Å². The number of aliphatic hydroxyl groups excluding tert-OH is 1. The second-order valence-corrected chi connectivity index (χ2v) is 9.03. The Labute approximate surface area is 158 Å². The second-order valence-electron chi connectivity index (χ2n) is 9.03. The Balaban J connectivity index is 1.60. The van der Waals surface area contributed by atoms with Crippen molar-refractivity contribution in [3.8, 4) is 0 Å². The van der Waals surface area contributed by atoms with Crippen LogP contribution in [-0.4, -0.2) is 34.7 Å². The summed E-state index contributed by atoms with van der Waals surface area (Å²) in [4.78, 5) is 38.0. The molecule has 5 heteroatoms. The highest BCUT2D eigenvalue weighted by molar-refractivity contribution is 6.02. The van der Waals surface area contributed by atoms with Crippen LogP contribution < -0.4 is 0 Å². The van der Waals surface area contributed by atoms with Gasteiger partial charge in [0.05, 0.1) is 6.26 Å². The molecule has 0 unspecified atom stereocenters. The number of allylic oxidation sites excluding steroid dienone is 4. The topological polar surface area (TPSA) is 80.7 Å². The first-order chi connectivity index (χ1) is 12.9. The Morgan fingerprint density at radius 3 is 2.89 bits per heavy atom. The molecule has 0 aromatic carbocycles.